The average Bonchev–Trinajstić information content (AvgIpc) is 3.30. The van der Waals surface area contributed by atoms with Gasteiger partial charge in [0, 0.05) is 16.7 Å². The monoisotopic (exact) mass is 667 g/mol. The Labute approximate surface area is 271 Å². The number of nitrogens with one attached hydrogen (secondary N) is 2. The number of benzene rings is 2. The zero-order chi connectivity index (χ0) is 32.9. The largest absolute Gasteiger partial charge is 0.428 e. The molecule has 2 amide bonds. The molecule has 45 heavy (non-hydrogen) atoms. The van der Waals surface area contributed by atoms with Crippen LogP contribution in [0.2, 0.25) is 18.1 Å². The number of rotatable bonds is 14. The lowest BCUT2D eigenvalue weighted by Gasteiger charge is -2.49. The summed E-state index contributed by atoms with van der Waals surface area (Å²) >= 11 is 0. The third kappa shape index (κ3) is 6.71. The minimum Gasteiger partial charge on any atom is -0.428 e. The third-order valence-corrected chi connectivity index (χ3v) is 14.9. The molecule has 0 aromatic heterocycles. The van der Waals surface area contributed by atoms with Crippen molar-refractivity contribution in [2.45, 2.75) is 64.9 Å². The standard InChI is InChI=1S/C29H41B2N5O6P2Si/c1-6-45(7-2,8-3)42-18(5)24-25-17(4)22(26(36(25)27(24)37)28(38)40-43-33-30)16-35(29(39)41-44-34-31)23-14-13-19(15-32)20-11-9-10-12-21(20)23/h9-14,17-18,24-25,33-34,43-44H,6-8,16,30-31H2,1-5H3/t17-,18+,24+,25+/m0/s1. The van der Waals surface area contributed by atoms with Gasteiger partial charge in [-0.1, -0.05) is 52.0 Å². The fourth-order valence-corrected chi connectivity index (χ4v) is 10.2. The highest BCUT2D eigenvalue weighted by Crippen LogP contribution is 2.49. The van der Waals surface area contributed by atoms with E-state index in [-0.39, 0.29) is 54.1 Å². The number of nitriles is 1. The second-order valence-corrected chi connectivity index (χ2v) is 17.8. The predicted octanol–water partition coefficient (Wildman–Crippen LogP) is 3.63. The fourth-order valence-electron chi connectivity index (χ4n) is 6.63. The molecule has 2 aliphatic heterocycles. The van der Waals surface area contributed by atoms with Crippen LogP contribution in [0, 0.1) is 23.2 Å². The van der Waals surface area contributed by atoms with Crippen LogP contribution in [0.5, 0.6) is 0 Å². The van der Waals surface area contributed by atoms with Crippen molar-refractivity contribution in [3.8, 4) is 6.07 Å². The summed E-state index contributed by atoms with van der Waals surface area (Å²) in [6.45, 7) is 10.4. The minimum absolute atomic E-state index is 0.0169. The predicted molar refractivity (Wildman–Crippen MR) is 187 cm³/mol. The van der Waals surface area contributed by atoms with E-state index in [4.69, 9.17) is 13.5 Å². The number of carbonyl (C=O) groups is 3. The van der Waals surface area contributed by atoms with E-state index in [1.54, 1.807) is 33.0 Å². The summed E-state index contributed by atoms with van der Waals surface area (Å²) in [6, 6.07) is 15.5. The van der Waals surface area contributed by atoms with E-state index in [1.807, 2.05) is 38.1 Å². The van der Waals surface area contributed by atoms with E-state index in [2.05, 4.69) is 36.8 Å². The first kappa shape index (κ1) is 35.1. The van der Waals surface area contributed by atoms with Crippen LogP contribution < -0.4 is 14.9 Å². The van der Waals surface area contributed by atoms with Crippen molar-refractivity contribution in [3.05, 3.63) is 53.2 Å². The molecule has 2 unspecified atom stereocenters. The molecule has 238 valence electrons. The lowest BCUT2D eigenvalue weighted by atomic mass is 9.77. The second-order valence-electron chi connectivity index (χ2n) is 11.3. The van der Waals surface area contributed by atoms with Gasteiger partial charge in [0.2, 0.25) is 5.91 Å². The van der Waals surface area contributed by atoms with Crippen molar-refractivity contribution in [3.63, 3.8) is 0 Å². The summed E-state index contributed by atoms with van der Waals surface area (Å²) in [7, 11) is 0.747. The van der Waals surface area contributed by atoms with Crippen LogP contribution in [0.25, 0.3) is 10.8 Å². The van der Waals surface area contributed by atoms with E-state index in [9.17, 15) is 19.6 Å². The normalized spacial score (nSPS) is 20.5. The van der Waals surface area contributed by atoms with E-state index >= 15 is 0 Å². The molecule has 11 nitrogen and oxygen atoms in total. The van der Waals surface area contributed by atoms with E-state index in [0.29, 0.717) is 27.6 Å². The smallest absolute Gasteiger partial charge is 0.418 e. The highest BCUT2D eigenvalue weighted by atomic mass is 31.1. The zero-order valence-corrected chi connectivity index (χ0v) is 29.9. The van der Waals surface area contributed by atoms with Crippen LogP contribution >= 0.6 is 17.9 Å². The van der Waals surface area contributed by atoms with Crippen LogP contribution in [-0.4, -0.2) is 65.8 Å². The van der Waals surface area contributed by atoms with Crippen molar-refractivity contribution in [1.82, 2.24) is 14.9 Å². The number of carbonyl (C=O) groups excluding carboxylic acids is 3. The molecule has 2 heterocycles. The number of amides is 2. The highest BCUT2D eigenvalue weighted by Gasteiger charge is 2.61. The van der Waals surface area contributed by atoms with Crippen LogP contribution in [0.1, 0.15) is 40.2 Å². The van der Waals surface area contributed by atoms with Crippen molar-refractivity contribution < 1.29 is 27.9 Å². The first-order valence-corrected chi connectivity index (χ1v) is 19.7. The molecule has 2 aromatic rings. The Morgan fingerprint density at radius 2 is 1.69 bits per heavy atom. The first-order valence-electron chi connectivity index (χ1n) is 15.3. The van der Waals surface area contributed by atoms with Gasteiger partial charge in [0.15, 0.2) is 24.3 Å². The molecule has 2 aliphatic rings. The minimum atomic E-state index is -2.01. The van der Waals surface area contributed by atoms with Gasteiger partial charge in [-0.25, -0.2) is 9.59 Å². The van der Waals surface area contributed by atoms with Crippen molar-refractivity contribution >= 4 is 76.6 Å². The molecular weight excluding hydrogens is 626 g/mol. The topological polar surface area (TPSA) is 133 Å². The lowest BCUT2D eigenvalue weighted by Crippen LogP contribution is -2.65. The Balaban J connectivity index is 1.78. The summed E-state index contributed by atoms with van der Waals surface area (Å²) in [6.07, 6.45) is -0.940. The number of nitrogens with zero attached hydrogens (tertiary/aromatic N) is 3. The first-order chi connectivity index (χ1) is 21.6. The fraction of sp³-hybridized carbons (Fsp3) is 0.448. The summed E-state index contributed by atoms with van der Waals surface area (Å²) < 4.78 is 17.8. The van der Waals surface area contributed by atoms with Gasteiger partial charge in [-0.2, -0.15) is 5.26 Å². The summed E-state index contributed by atoms with van der Waals surface area (Å²) in [5.41, 5.74) is 1.78. The third-order valence-electron chi connectivity index (χ3n) is 9.21. The quantitative estimate of drug-likeness (QED) is 0.176. The molecule has 0 bridgehead atoms. The number of fused-ring (bicyclic) bond motifs is 2. The van der Waals surface area contributed by atoms with Crippen LogP contribution in [0.15, 0.2) is 47.7 Å². The molecule has 1 saturated heterocycles. The number of hydrogen-bond acceptors (Lipinski definition) is 9. The molecule has 0 spiro atoms. The second kappa shape index (κ2) is 15.2. The molecule has 2 aromatic carbocycles. The maximum atomic E-state index is 13.9. The molecule has 2 N–H and O–H groups in total. The molecular formula is C29H41B2N5O6P2Si. The van der Waals surface area contributed by atoms with Crippen molar-refractivity contribution in [2.75, 3.05) is 11.4 Å². The Hall–Kier alpha value is -2.77. The SMILES string of the molecule is BNPOC(=O)C1=C(CN(C(=O)OPNB)c2ccc(C#N)c3ccccc23)[C@H](C)[C@@H]2[C@@H]([C@@H](C)O[Si](CC)(CC)CC)C(=O)N12. The Morgan fingerprint density at radius 3 is 2.29 bits per heavy atom. The summed E-state index contributed by atoms with van der Waals surface area (Å²) in [5.74, 6) is -1.49. The molecule has 16 heteroatoms. The van der Waals surface area contributed by atoms with Gasteiger partial charge in [-0.15, -0.1) is 0 Å². The maximum Gasteiger partial charge on any atom is 0.418 e. The Morgan fingerprint density at radius 1 is 1.07 bits per heavy atom. The van der Waals surface area contributed by atoms with E-state index < -0.39 is 26.3 Å². The van der Waals surface area contributed by atoms with Gasteiger partial charge in [-0.3, -0.25) is 9.69 Å². The summed E-state index contributed by atoms with van der Waals surface area (Å²) in [5, 5.41) is 11.1. The van der Waals surface area contributed by atoms with Gasteiger partial charge in [0.1, 0.15) is 23.6 Å². The van der Waals surface area contributed by atoms with Crippen LogP contribution in [0.3, 0.4) is 0 Å². The summed E-state index contributed by atoms with van der Waals surface area (Å²) in [4.78, 5) is 49.8. The molecule has 1 fully saturated rings. The Kier molecular flexibility index (Phi) is 11.9. The van der Waals surface area contributed by atoms with Crippen LogP contribution in [0.4, 0.5) is 10.5 Å². The number of hydrogen-bond donors (Lipinski definition) is 2. The molecule has 4 rings (SSSR count). The number of anilines is 1. The maximum absolute atomic E-state index is 13.9. The lowest BCUT2D eigenvalue weighted by molar-refractivity contribution is -0.161. The number of β-lactam (4-membered cyclic amide) rings is 1. The molecule has 0 aliphatic carbocycles. The van der Waals surface area contributed by atoms with Gasteiger partial charge in [0.25, 0.3) is 0 Å². The highest BCUT2D eigenvalue weighted by molar-refractivity contribution is 7.32. The van der Waals surface area contributed by atoms with Gasteiger partial charge < -0.3 is 28.4 Å². The average molecular weight is 667 g/mol. The van der Waals surface area contributed by atoms with Crippen LogP contribution in [-0.2, 0) is 23.1 Å². The molecule has 0 radical (unpaired) electrons. The van der Waals surface area contributed by atoms with E-state index in [1.165, 1.54) is 4.90 Å². The van der Waals surface area contributed by atoms with Gasteiger partial charge in [0.05, 0.1) is 41.9 Å². The van der Waals surface area contributed by atoms with Crippen molar-refractivity contribution in [1.29, 1.82) is 5.26 Å². The van der Waals surface area contributed by atoms with Gasteiger partial charge in [-0.05, 0) is 42.8 Å². The van der Waals surface area contributed by atoms with Crippen molar-refractivity contribution in [2.24, 2.45) is 11.8 Å². The Bertz CT molecular complexity index is 1520. The van der Waals surface area contributed by atoms with E-state index in [0.717, 1.165) is 18.1 Å². The zero-order valence-electron chi connectivity index (χ0n) is 26.9. The van der Waals surface area contributed by atoms with Gasteiger partial charge >= 0.3 is 12.1 Å². The molecule has 0 saturated carbocycles. The molecule has 6 atom stereocenters.